The van der Waals surface area contributed by atoms with Crippen molar-refractivity contribution in [1.29, 1.82) is 0 Å². The topological polar surface area (TPSA) is 125 Å². The van der Waals surface area contributed by atoms with Crippen LogP contribution >= 0.6 is 11.6 Å². The van der Waals surface area contributed by atoms with Gasteiger partial charge < -0.3 is 29.7 Å². The predicted molar refractivity (Wildman–Crippen MR) is 153 cm³/mol. The molecule has 3 aliphatic heterocycles. The molecule has 0 aliphatic carbocycles. The van der Waals surface area contributed by atoms with Gasteiger partial charge in [-0.3, -0.25) is 19.2 Å². The fourth-order valence-electron chi connectivity index (χ4n) is 6.33. The summed E-state index contributed by atoms with van der Waals surface area (Å²) in [5, 5.41) is 12.7. The molecular formula is C30H38ClN3O7. The maximum absolute atomic E-state index is 14.3. The molecule has 0 unspecified atom stereocenters. The summed E-state index contributed by atoms with van der Waals surface area (Å²) in [6, 6.07) is 5.90. The van der Waals surface area contributed by atoms with Crippen molar-refractivity contribution in [2.24, 2.45) is 11.8 Å². The summed E-state index contributed by atoms with van der Waals surface area (Å²) in [7, 11) is 0. The van der Waals surface area contributed by atoms with Crippen LogP contribution in [-0.2, 0) is 28.7 Å². The minimum absolute atomic E-state index is 0.122. The van der Waals surface area contributed by atoms with Gasteiger partial charge in [0.1, 0.15) is 17.7 Å². The lowest BCUT2D eigenvalue weighted by Gasteiger charge is -2.37. The van der Waals surface area contributed by atoms with Crippen LogP contribution in [0.4, 0.5) is 5.69 Å². The molecule has 10 nitrogen and oxygen atoms in total. The van der Waals surface area contributed by atoms with Crippen LogP contribution in [0.1, 0.15) is 39.0 Å². The van der Waals surface area contributed by atoms with Gasteiger partial charge in [0.15, 0.2) is 0 Å². The first kappa shape index (κ1) is 30.7. The van der Waals surface area contributed by atoms with E-state index in [0.717, 1.165) is 0 Å². The molecule has 1 aromatic carbocycles. The fraction of sp³-hybridized carbons (Fsp3) is 0.533. The number of ether oxygens (including phenoxy) is 2. The van der Waals surface area contributed by atoms with Gasteiger partial charge in [-0.05, 0) is 44.7 Å². The van der Waals surface area contributed by atoms with Gasteiger partial charge >= 0.3 is 5.97 Å². The van der Waals surface area contributed by atoms with Gasteiger partial charge in [-0.25, -0.2) is 0 Å². The Labute approximate surface area is 245 Å². The quantitative estimate of drug-likeness (QED) is 0.253. The molecule has 2 bridgehead atoms. The zero-order valence-electron chi connectivity index (χ0n) is 23.3. The van der Waals surface area contributed by atoms with Crippen molar-refractivity contribution in [2.45, 2.75) is 62.9 Å². The smallest absolute Gasteiger partial charge is 0.312 e. The Bertz CT molecular complexity index is 1190. The minimum Gasteiger partial charge on any atom is -0.460 e. The summed E-state index contributed by atoms with van der Waals surface area (Å²) in [6.07, 6.45) is 4.02. The van der Waals surface area contributed by atoms with Crippen molar-refractivity contribution in [3.8, 4) is 0 Å². The van der Waals surface area contributed by atoms with Crippen molar-refractivity contribution < 1.29 is 33.8 Å². The molecule has 2 N–H and O–H groups in total. The first-order valence-electron chi connectivity index (χ1n) is 14.0. The Balaban J connectivity index is 1.60. The first-order valence-corrected chi connectivity index (χ1v) is 14.4. The molecule has 0 aromatic heterocycles. The maximum atomic E-state index is 14.3. The number of allylic oxidation sites excluding steroid dienone is 1. The first-order chi connectivity index (χ1) is 19.7. The van der Waals surface area contributed by atoms with E-state index in [2.05, 4.69) is 18.5 Å². The Kier molecular flexibility index (Phi) is 9.88. The van der Waals surface area contributed by atoms with E-state index in [9.17, 15) is 24.3 Å². The number of aliphatic hydroxyl groups is 1. The number of halogens is 1. The van der Waals surface area contributed by atoms with E-state index in [4.69, 9.17) is 21.1 Å². The van der Waals surface area contributed by atoms with E-state index >= 15 is 0 Å². The van der Waals surface area contributed by atoms with Crippen LogP contribution in [-0.4, -0.2) is 83.8 Å². The van der Waals surface area contributed by atoms with Crippen LogP contribution < -0.4 is 10.2 Å². The number of aliphatic hydroxyl groups excluding tert-OH is 1. The van der Waals surface area contributed by atoms with Crippen molar-refractivity contribution >= 4 is 41.0 Å². The van der Waals surface area contributed by atoms with Crippen LogP contribution in [0, 0.1) is 11.8 Å². The molecule has 3 saturated heterocycles. The highest BCUT2D eigenvalue weighted by Crippen LogP contribution is 2.59. The van der Waals surface area contributed by atoms with E-state index in [0.29, 0.717) is 30.0 Å². The number of hydrogen-bond acceptors (Lipinski definition) is 7. The zero-order valence-corrected chi connectivity index (χ0v) is 24.1. The second-order valence-corrected chi connectivity index (χ2v) is 11.1. The maximum Gasteiger partial charge on any atom is 0.312 e. The average Bonchev–Trinajstić information content (AvgIpc) is 3.60. The standard InChI is InChI=1S/C30H38ClN3O7/c1-4-6-12-23(36)32-18-19(3)40-29(39)24-22-13-14-30(41-22)25(24)27(37)34(16-9-17-35)26(30)28(38)33(15-5-2)21-11-8-7-10-20(21)31/h4-5,7-8,10-11,19,22,24-26,35H,1-2,6,9,12-18H2,3H3,(H,32,36)/t19-,22-,24+,25+,26-,30+/m0/s1. The number of esters is 1. The number of amides is 3. The number of para-hydroxylation sites is 1. The van der Waals surface area contributed by atoms with Gasteiger partial charge in [0, 0.05) is 26.1 Å². The third kappa shape index (κ3) is 5.91. The number of fused-ring (bicyclic) bond motifs is 1. The molecule has 4 rings (SSSR count). The zero-order chi connectivity index (χ0) is 29.7. The molecule has 3 amide bonds. The highest BCUT2D eigenvalue weighted by atomic mass is 35.5. The molecule has 3 aliphatic rings. The highest BCUT2D eigenvalue weighted by molar-refractivity contribution is 6.34. The summed E-state index contributed by atoms with van der Waals surface area (Å²) >= 11 is 6.46. The Morgan fingerprint density at radius 1 is 1.32 bits per heavy atom. The molecule has 41 heavy (non-hydrogen) atoms. The van der Waals surface area contributed by atoms with Crippen LogP contribution in [0.5, 0.6) is 0 Å². The lowest BCUT2D eigenvalue weighted by molar-refractivity contribution is -0.159. The van der Waals surface area contributed by atoms with Crippen LogP contribution in [0.15, 0.2) is 49.6 Å². The number of benzene rings is 1. The number of anilines is 1. The van der Waals surface area contributed by atoms with Crippen molar-refractivity contribution in [1.82, 2.24) is 10.2 Å². The summed E-state index contributed by atoms with van der Waals surface area (Å²) in [5.74, 6) is -3.33. The number of likely N-dealkylation sites (tertiary alicyclic amines) is 1. The van der Waals surface area contributed by atoms with E-state index in [-0.39, 0.29) is 50.9 Å². The lowest BCUT2D eigenvalue weighted by Crippen LogP contribution is -2.56. The van der Waals surface area contributed by atoms with Gasteiger partial charge in [-0.15, -0.1) is 13.2 Å². The Morgan fingerprint density at radius 2 is 2.07 bits per heavy atom. The Hall–Kier alpha value is -3.21. The number of nitrogens with one attached hydrogen (secondary N) is 1. The number of rotatable bonds is 14. The normalized spacial score (nSPS) is 26.8. The molecule has 1 spiro atoms. The molecule has 11 heteroatoms. The summed E-state index contributed by atoms with van der Waals surface area (Å²) < 4.78 is 12.1. The monoisotopic (exact) mass is 587 g/mol. The van der Waals surface area contributed by atoms with Gasteiger partial charge in [0.2, 0.25) is 11.8 Å². The van der Waals surface area contributed by atoms with Crippen LogP contribution in [0.3, 0.4) is 0 Å². The van der Waals surface area contributed by atoms with E-state index < -0.39 is 47.6 Å². The molecule has 3 fully saturated rings. The molecule has 3 heterocycles. The SMILES string of the molecule is C=CCCC(=O)NC[C@H](C)OC(=O)[C@@H]1[C@@H]2CC[C@]3(O2)[C@H](C(=O)N(CC=C)c2ccccc2Cl)N(CCCO)C(=O)[C@@H]13. The van der Waals surface area contributed by atoms with Crippen molar-refractivity contribution in [2.75, 3.05) is 31.1 Å². The minimum atomic E-state index is -1.22. The summed E-state index contributed by atoms with van der Waals surface area (Å²) in [4.78, 5) is 56.7. The lowest BCUT2D eigenvalue weighted by atomic mass is 9.70. The molecule has 222 valence electrons. The molecular weight excluding hydrogens is 550 g/mol. The fourth-order valence-corrected chi connectivity index (χ4v) is 6.57. The number of hydrogen-bond donors (Lipinski definition) is 2. The summed E-state index contributed by atoms with van der Waals surface area (Å²) in [6.45, 7) is 9.28. The highest BCUT2D eigenvalue weighted by Gasteiger charge is 2.75. The largest absolute Gasteiger partial charge is 0.460 e. The van der Waals surface area contributed by atoms with Gasteiger partial charge in [-0.1, -0.05) is 35.9 Å². The van der Waals surface area contributed by atoms with Gasteiger partial charge in [0.05, 0.1) is 35.2 Å². The van der Waals surface area contributed by atoms with Gasteiger partial charge in [0.25, 0.3) is 5.91 Å². The third-order valence-corrected chi connectivity index (χ3v) is 8.38. The summed E-state index contributed by atoms with van der Waals surface area (Å²) in [5.41, 5.74) is -0.748. The molecule has 0 radical (unpaired) electrons. The third-order valence-electron chi connectivity index (χ3n) is 8.06. The number of nitrogens with zero attached hydrogens (tertiary/aromatic N) is 2. The van der Waals surface area contributed by atoms with E-state index in [1.807, 2.05) is 0 Å². The van der Waals surface area contributed by atoms with E-state index in [1.54, 1.807) is 43.3 Å². The van der Waals surface area contributed by atoms with Crippen LogP contribution in [0.25, 0.3) is 0 Å². The molecule has 6 atom stereocenters. The number of carbonyl (C=O) groups excluding carboxylic acids is 4. The van der Waals surface area contributed by atoms with E-state index in [1.165, 1.54) is 9.80 Å². The van der Waals surface area contributed by atoms with Crippen molar-refractivity contribution in [3.05, 3.63) is 54.6 Å². The van der Waals surface area contributed by atoms with Crippen molar-refractivity contribution in [3.63, 3.8) is 0 Å². The second kappa shape index (κ2) is 13.2. The van der Waals surface area contributed by atoms with Crippen LogP contribution in [0.2, 0.25) is 5.02 Å². The second-order valence-electron chi connectivity index (χ2n) is 10.7. The Morgan fingerprint density at radius 3 is 2.76 bits per heavy atom. The molecule has 0 saturated carbocycles. The molecule has 1 aromatic rings. The van der Waals surface area contributed by atoms with Gasteiger partial charge in [-0.2, -0.15) is 0 Å². The average molecular weight is 588 g/mol. The predicted octanol–water partition coefficient (Wildman–Crippen LogP) is 2.63. The number of carbonyl (C=O) groups is 4.